The van der Waals surface area contributed by atoms with E-state index in [1.54, 1.807) is 0 Å². The molecule has 1 rings (SSSR count). The molecule has 0 aromatic carbocycles. The van der Waals surface area contributed by atoms with Crippen molar-refractivity contribution in [3.8, 4) is 0 Å². The second kappa shape index (κ2) is 11.0. The highest BCUT2D eigenvalue weighted by atomic mass is 16.5. The molecule has 22 heavy (non-hydrogen) atoms. The van der Waals surface area contributed by atoms with Gasteiger partial charge >= 0.3 is 0 Å². The van der Waals surface area contributed by atoms with Crippen LogP contribution in [0, 0.1) is 11.3 Å². The van der Waals surface area contributed by atoms with Gasteiger partial charge in [0.1, 0.15) is 0 Å². The Morgan fingerprint density at radius 3 is 2.27 bits per heavy atom. The summed E-state index contributed by atoms with van der Waals surface area (Å²) >= 11 is 0. The first-order valence-corrected chi connectivity index (χ1v) is 8.84. The van der Waals surface area contributed by atoms with Crippen LogP contribution in [0.4, 0.5) is 0 Å². The second-order valence-corrected chi connectivity index (χ2v) is 6.74. The topological polar surface area (TPSA) is 18.5 Å². The summed E-state index contributed by atoms with van der Waals surface area (Å²) in [6.45, 7) is 19.9. The number of hydrogen-bond acceptors (Lipinski definition) is 2. The largest absolute Gasteiger partial charge is 0.382 e. The molecule has 0 aliphatic heterocycles. The third-order valence-electron chi connectivity index (χ3n) is 4.48. The summed E-state index contributed by atoms with van der Waals surface area (Å²) < 4.78 is 10.5. The summed E-state index contributed by atoms with van der Waals surface area (Å²) in [5.74, 6) is 0.569. The van der Waals surface area contributed by atoms with Crippen LogP contribution in [-0.2, 0) is 9.47 Å². The molecule has 0 N–H and O–H groups in total. The van der Waals surface area contributed by atoms with Crippen LogP contribution in [0.1, 0.15) is 68.2 Å². The van der Waals surface area contributed by atoms with Crippen molar-refractivity contribution in [3.05, 3.63) is 23.3 Å². The van der Waals surface area contributed by atoms with Crippen LogP contribution in [0.5, 0.6) is 0 Å². The molecule has 2 unspecified atom stereocenters. The van der Waals surface area contributed by atoms with Crippen molar-refractivity contribution in [2.75, 3.05) is 19.8 Å². The molecular formula is C20H38O2. The summed E-state index contributed by atoms with van der Waals surface area (Å²) in [4.78, 5) is 0. The molecule has 0 saturated heterocycles. The molecule has 2 heteroatoms. The summed E-state index contributed by atoms with van der Waals surface area (Å²) in [6.07, 6.45) is 7.56. The van der Waals surface area contributed by atoms with E-state index < -0.39 is 0 Å². The summed E-state index contributed by atoms with van der Waals surface area (Å²) in [5.41, 5.74) is 3.26. The molecule has 0 amide bonds. The monoisotopic (exact) mass is 310 g/mol. The third-order valence-corrected chi connectivity index (χ3v) is 4.48. The molecule has 0 bridgehead atoms. The number of ether oxygens (including phenoxy) is 2. The average molecular weight is 311 g/mol. The van der Waals surface area contributed by atoms with Gasteiger partial charge in [-0.15, -0.1) is 0 Å². The minimum Gasteiger partial charge on any atom is -0.382 e. The highest BCUT2D eigenvalue weighted by molar-refractivity contribution is 5.22. The Morgan fingerprint density at radius 1 is 1.27 bits per heavy atom. The normalized spacial score (nSPS) is 22.5. The van der Waals surface area contributed by atoms with E-state index in [0.29, 0.717) is 11.3 Å². The van der Waals surface area contributed by atoms with E-state index in [1.165, 1.54) is 24.0 Å². The first-order valence-electron chi connectivity index (χ1n) is 8.84. The van der Waals surface area contributed by atoms with Gasteiger partial charge in [-0.25, -0.2) is 0 Å². The van der Waals surface area contributed by atoms with Crippen molar-refractivity contribution in [1.29, 1.82) is 0 Å². The maximum atomic E-state index is 5.66. The molecule has 0 radical (unpaired) electrons. The molecular weight excluding hydrogens is 272 g/mol. The minimum absolute atomic E-state index is 0.241. The Morgan fingerprint density at radius 2 is 1.86 bits per heavy atom. The quantitative estimate of drug-likeness (QED) is 0.579. The predicted molar refractivity (Wildman–Crippen MR) is 97.3 cm³/mol. The smallest absolute Gasteiger partial charge is 0.0754 e. The van der Waals surface area contributed by atoms with Gasteiger partial charge in [-0.3, -0.25) is 0 Å². The second-order valence-electron chi connectivity index (χ2n) is 6.74. The van der Waals surface area contributed by atoms with Crippen molar-refractivity contribution in [1.82, 2.24) is 0 Å². The number of rotatable bonds is 6. The van der Waals surface area contributed by atoms with Crippen LogP contribution in [0.2, 0.25) is 0 Å². The van der Waals surface area contributed by atoms with Crippen LogP contribution in [0.25, 0.3) is 0 Å². The zero-order valence-electron chi connectivity index (χ0n) is 16.2. The molecule has 1 aliphatic rings. The molecule has 130 valence electrons. The van der Waals surface area contributed by atoms with Gasteiger partial charge in [0.25, 0.3) is 0 Å². The van der Waals surface area contributed by atoms with Crippen LogP contribution < -0.4 is 0 Å². The zero-order valence-corrected chi connectivity index (χ0v) is 16.2. The van der Waals surface area contributed by atoms with Crippen molar-refractivity contribution >= 4 is 0 Å². The summed E-state index contributed by atoms with van der Waals surface area (Å²) in [7, 11) is 0. The lowest BCUT2D eigenvalue weighted by molar-refractivity contribution is 0.100. The molecule has 0 aromatic heterocycles. The van der Waals surface area contributed by atoms with Gasteiger partial charge in [-0.1, -0.05) is 31.6 Å². The van der Waals surface area contributed by atoms with E-state index in [2.05, 4.69) is 53.7 Å². The highest BCUT2D eigenvalue weighted by Crippen LogP contribution is 2.42. The molecule has 0 spiro atoms. The van der Waals surface area contributed by atoms with E-state index >= 15 is 0 Å². The first kappa shape index (κ1) is 21.4. The molecule has 0 aromatic rings. The fraction of sp³-hybridized carbons (Fsp3) is 0.800. The average Bonchev–Trinajstić information content (AvgIpc) is 2.44. The zero-order chi connectivity index (χ0) is 17.2. The Kier molecular flexibility index (Phi) is 10.7. The predicted octanol–water partition coefficient (Wildman–Crippen LogP) is 5.78. The maximum Gasteiger partial charge on any atom is 0.0754 e. The van der Waals surface area contributed by atoms with E-state index in [9.17, 15) is 0 Å². The van der Waals surface area contributed by atoms with E-state index in [-0.39, 0.29) is 6.10 Å². The van der Waals surface area contributed by atoms with Crippen LogP contribution in [0.3, 0.4) is 0 Å². The maximum absolute atomic E-state index is 5.66. The SMILES string of the molecule is CCOC(C)/C(C)=C/C1C(C)=CCCC1(C)C.CCOCC. The van der Waals surface area contributed by atoms with Crippen LogP contribution >= 0.6 is 0 Å². The molecule has 2 atom stereocenters. The molecule has 0 saturated carbocycles. The molecule has 0 fully saturated rings. The van der Waals surface area contributed by atoms with E-state index in [1.807, 2.05) is 13.8 Å². The van der Waals surface area contributed by atoms with Crippen molar-refractivity contribution in [2.45, 2.75) is 74.3 Å². The highest BCUT2D eigenvalue weighted by Gasteiger charge is 2.31. The fourth-order valence-corrected chi connectivity index (χ4v) is 2.91. The minimum atomic E-state index is 0.241. The van der Waals surface area contributed by atoms with Crippen molar-refractivity contribution in [2.24, 2.45) is 11.3 Å². The Bertz CT molecular complexity index is 351. The Balaban J connectivity index is 0.000000763. The third kappa shape index (κ3) is 7.60. The lowest BCUT2D eigenvalue weighted by Gasteiger charge is -2.37. The Labute approximate surface area is 139 Å². The first-order chi connectivity index (χ1) is 10.3. The van der Waals surface area contributed by atoms with Crippen LogP contribution in [-0.4, -0.2) is 25.9 Å². The molecule has 0 heterocycles. The summed E-state index contributed by atoms with van der Waals surface area (Å²) in [5, 5.41) is 0. The Hall–Kier alpha value is -0.600. The fourth-order valence-electron chi connectivity index (χ4n) is 2.91. The molecule has 1 aliphatic carbocycles. The number of hydrogen-bond donors (Lipinski definition) is 0. The van der Waals surface area contributed by atoms with Gasteiger partial charge in [0, 0.05) is 25.7 Å². The lowest BCUT2D eigenvalue weighted by Crippen LogP contribution is -2.27. The number of allylic oxidation sites excluding steroid dienone is 3. The van der Waals surface area contributed by atoms with Crippen molar-refractivity contribution < 1.29 is 9.47 Å². The van der Waals surface area contributed by atoms with Crippen LogP contribution in [0.15, 0.2) is 23.3 Å². The van der Waals surface area contributed by atoms with Gasteiger partial charge in [0.2, 0.25) is 0 Å². The molecule has 2 nitrogen and oxygen atoms in total. The summed E-state index contributed by atoms with van der Waals surface area (Å²) in [6, 6.07) is 0. The lowest BCUT2D eigenvalue weighted by atomic mass is 9.68. The van der Waals surface area contributed by atoms with Gasteiger partial charge in [-0.05, 0) is 65.4 Å². The van der Waals surface area contributed by atoms with Gasteiger partial charge in [0.15, 0.2) is 0 Å². The van der Waals surface area contributed by atoms with Gasteiger partial charge < -0.3 is 9.47 Å². The van der Waals surface area contributed by atoms with E-state index in [0.717, 1.165) is 19.8 Å². The van der Waals surface area contributed by atoms with E-state index in [4.69, 9.17) is 9.47 Å². The van der Waals surface area contributed by atoms with Gasteiger partial charge in [-0.2, -0.15) is 0 Å². The standard InChI is InChI=1S/C16H28O.C4H10O/c1-7-17-14(4)13(3)11-15-12(2)9-8-10-16(15,5)6;1-3-5-4-2/h9,11,14-15H,7-8,10H2,1-6H3;3-4H2,1-2H3/b13-11+;. The van der Waals surface area contributed by atoms with Gasteiger partial charge in [0.05, 0.1) is 6.10 Å². The van der Waals surface area contributed by atoms with Crippen molar-refractivity contribution in [3.63, 3.8) is 0 Å².